The number of fused-ring (bicyclic) bond motifs is 3. The van der Waals surface area contributed by atoms with E-state index in [2.05, 4.69) is 4.98 Å². The number of hydrogen-bond acceptors (Lipinski definition) is 5. The summed E-state index contributed by atoms with van der Waals surface area (Å²) in [5.41, 5.74) is 8.48. The standard InChI is InChI=1S/C22H21F3N4O.C4F6O2/c23-15-10-17(25)16(24)8-13(15)14-9-21-27-19-7-12(22(30)28-5-1-2-6-28)3-4-20(19)29(21)11-18(14)26;5-3(6,7)1(11)2(12)4(8,9)10/h3-4,7-8,10,14,18H,1-2,5-6,9,11,26H2;/t14?,18-;/m0./s1. The molecule has 1 unspecified atom stereocenters. The summed E-state index contributed by atoms with van der Waals surface area (Å²) in [6.45, 7) is 1.91. The van der Waals surface area contributed by atoms with Crippen molar-refractivity contribution in [1.82, 2.24) is 14.5 Å². The van der Waals surface area contributed by atoms with Crippen molar-refractivity contribution >= 4 is 28.5 Å². The molecule has 2 atom stereocenters. The van der Waals surface area contributed by atoms with E-state index in [4.69, 9.17) is 5.73 Å². The number of alkyl halides is 6. The summed E-state index contributed by atoms with van der Waals surface area (Å²) >= 11 is 0. The third-order valence-corrected chi connectivity index (χ3v) is 6.94. The van der Waals surface area contributed by atoms with Gasteiger partial charge in [-0.2, -0.15) is 26.3 Å². The summed E-state index contributed by atoms with van der Waals surface area (Å²) in [7, 11) is 0. The van der Waals surface area contributed by atoms with E-state index in [0.717, 1.165) is 37.5 Å². The number of carbonyl (C=O) groups excluding carboxylic acids is 3. The lowest BCUT2D eigenvalue weighted by molar-refractivity contribution is -0.193. The molecule has 2 N–H and O–H groups in total. The molecule has 0 radical (unpaired) electrons. The number of aromatic nitrogens is 2. The Bertz CT molecular complexity index is 1520. The largest absolute Gasteiger partial charge is 0.458 e. The quantitative estimate of drug-likeness (QED) is 0.266. The fraction of sp³-hybridized carbons (Fsp3) is 0.385. The topological polar surface area (TPSA) is 98.3 Å². The van der Waals surface area contributed by atoms with E-state index in [1.165, 1.54) is 0 Å². The van der Waals surface area contributed by atoms with Gasteiger partial charge in [-0.25, -0.2) is 18.2 Å². The van der Waals surface area contributed by atoms with Crippen LogP contribution < -0.4 is 5.73 Å². The van der Waals surface area contributed by atoms with Crippen LogP contribution in [0.2, 0.25) is 0 Å². The number of nitrogens with two attached hydrogens (primary N) is 1. The lowest BCUT2D eigenvalue weighted by Gasteiger charge is -2.30. The summed E-state index contributed by atoms with van der Waals surface area (Å²) in [4.78, 5) is 38.4. The number of halogens is 9. The average molecular weight is 608 g/mol. The Hall–Kier alpha value is -3.95. The maximum Gasteiger partial charge on any atom is 0.458 e. The smallest absolute Gasteiger partial charge is 0.339 e. The Morgan fingerprint density at radius 2 is 1.40 bits per heavy atom. The van der Waals surface area contributed by atoms with Crippen molar-refractivity contribution in [1.29, 1.82) is 0 Å². The first-order valence-electron chi connectivity index (χ1n) is 12.4. The fourth-order valence-corrected chi connectivity index (χ4v) is 4.88. The van der Waals surface area contributed by atoms with Crippen molar-refractivity contribution in [2.75, 3.05) is 13.1 Å². The Morgan fingerprint density at radius 3 is 1.98 bits per heavy atom. The van der Waals surface area contributed by atoms with Crippen LogP contribution in [0.25, 0.3) is 11.0 Å². The lowest BCUT2D eigenvalue weighted by Crippen LogP contribution is -2.39. The number of nitrogens with zero attached hydrogens (tertiary/aromatic N) is 3. The molecule has 0 saturated carbocycles. The highest BCUT2D eigenvalue weighted by Crippen LogP contribution is 2.34. The molecule has 2 aromatic carbocycles. The van der Waals surface area contributed by atoms with Crippen LogP contribution >= 0.6 is 0 Å². The average Bonchev–Trinajstić information content (AvgIpc) is 3.56. The maximum atomic E-state index is 14.3. The van der Waals surface area contributed by atoms with Crippen molar-refractivity contribution in [3.05, 3.63) is 64.7 Å². The van der Waals surface area contributed by atoms with Gasteiger partial charge in [-0.05, 0) is 42.7 Å². The van der Waals surface area contributed by atoms with Crippen molar-refractivity contribution in [3.63, 3.8) is 0 Å². The van der Waals surface area contributed by atoms with Gasteiger partial charge in [0.05, 0.1) is 11.0 Å². The van der Waals surface area contributed by atoms with E-state index in [0.29, 0.717) is 35.9 Å². The van der Waals surface area contributed by atoms with E-state index < -0.39 is 53.3 Å². The molecule has 0 aliphatic carbocycles. The molecule has 1 saturated heterocycles. The van der Waals surface area contributed by atoms with Gasteiger partial charge in [-0.3, -0.25) is 14.4 Å². The number of Topliss-reactive ketones (excluding diaryl/α,β-unsaturated/α-hetero) is 2. The van der Waals surface area contributed by atoms with Gasteiger partial charge in [-0.15, -0.1) is 0 Å². The van der Waals surface area contributed by atoms with Crippen LogP contribution in [0, 0.1) is 17.5 Å². The summed E-state index contributed by atoms with van der Waals surface area (Å²) in [5, 5.41) is 0. The maximum absolute atomic E-state index is 14.3. The predicted molar refractivity (Wildman–Crippen MR) is 128 cm³/mol. The predicted octanol–water partition coefficient (Wildman–Crippen LogP) is 4.61. The molecule has 0 bridgehead atoms. The van der Waals surface area contributed by atoms with Gasteiger partial charge in [0.15, 0.2) is 11.6 Å². The Morgan fingerprint density at radius 1 is 0.833 bits per heavy atom. The normalized spacial score (nSPS) is 18.9. The fourth-order valence-electron chi connectivity index (χ4n) is 4.88. The van der Waals surface area contributed by atoms with Crippen LogP contribution in [0.3, 0.4) is 0 Å². The molecule has 3 heterocycles. The van der Waals surface area contributed by atoms with Crippen LogP contribution in [0.5, 0.6) is 0 Å². The molecule has 1 amide bonds. The van der Waals surface area contributed by atoms with Crippen molar-refractivity contribution in [3.8, 4) is 0 Å². The molecular formula is C26H21F9N4O3. The molecule has 2 aliphatic rings. The third-order valence-electron chi connectivity index (χ3n) is 6.94. The van der Waals surface area contributed by atoms with E-state index >= 15 is 0 Å². The minimum atomic E-state index is -5.77. The zero-order valence-electron chi connectivity index (χ0n) is 21.3. The van der Waals surface area contributed by atoms with E-state index in [9.17, 15) is 53.9 Å². The second-order valence-electron chi connectivity index (χ2n) is 9.76. The monoisotopic (exact) mass is 608 g/mol. The van der Waals surface area contributed by atoms with E-state index in [-0.39, 0.29) is 11.5 Å². The summed E-state index contributed by atoms with van der Waals surface area (Å²) in [6.07, 6.45) is -9.20. The molecule has 42 heavy (non-hydrogen) atoms. The van der Waals surface area contributed by atoms with Crippen LogP contribution in [0.4, 0.5) is 39.5 Å². The van der Waals surface area contributed by atoms with Gasteiger partial charge >= 0.3 is 23.9 Å². The molecule has 0 spiro atoms. The first kappa shape index (κ1) is 31.0. The van der Waals surface area contributed by atoms with Crippen molar-refractivity contribution in [2.24, 2.45) is 5.73 Å². The Labute approximate surface area is 231 Å². The van der Waals surface area contributed by atoms with Crippen LogP contribution in [-0.2, 0) is 22.6 Å². The Balaban J connectivity index is 0.000000288. The zero-order chi connectivity index (χ0) is 31.1. The molecule has 1 fully saturated rings. The van der Waals surface area contributed by atoms with Gasteiger partial charge in [0.1, 0.15) is 11.6 Å². The molecule has 226 valence electrons. The zero-order valence-corrected chi connectivity index (χ0v) is 21.3. The summed E-state index contributed by atoms with van der Waals surface area (Å²) in [6, 6.07) is 6.40. The highest BCUT2D eigenvalue weighted by atomic mass is 19.4. The highest BCUT2D eigenvalue weighted by molar-refractivity contribution is 6.41. The first-order valence-corrected chi connectivity index (χ1v) is 12.4. The summed E-state index contributed by atoms with van der Waals surface area (Å²) in [5.74, 6) is -9.77. The number of ketones is 2. The lowest BCUT2D eigenvalue weighted by atomic mass is 9.86. The number of imidazole rings is 1. The van der Waals surface area contributed by atoms with E-state index in [1.54, 1.807) is 12.1 Å². The second kappa shape index (κ2) is 11.4. The minimum absolute atomic E-state index is 0.00110. The molecule has 1 aromatic heterocycles. The van der Waals surface area contributed by atoms with Crippen LogP contribution in [0.1, 0.15) is 40.5 Å². The number of hydrogen-bond donors (Lipinski definition) is 1. The second-order valence-corrected chi connectivity index (χ2v) is 9.76. The SMILES string of the molecule is N[C@H]1Cn2c(nc3cc(C(=O)N4CCCC4)ccc32)CC1c1cc(F)c(F)cc1F.O=C(C(=O)C(F)(F)F)C(F)(F)F. The molecule has 2 aliphatic heterocycles. The number of amides is 1. The first-order chi connectivity index (χ1) is 19.5. The minimum Gasteiger partial charge on any atom is -0.339 e. The van der Waals surface area contributed by atoms with Crippen LogP contribution in [-0.4, -0.2) is 63.4 Å². The molecule has 7 nitrogen and oxygen atoms in total. The van der Waals surface area contributed by atoms with Crippen LogP contribution in [0.15, 0.2) is 30.3 Å². The highest BCUT2D eigenvalue weighted by Gasteiger charge is 2.54. The third kappa shape index (κ3) is 6.27. The number of likely N-dealkylation sites (tertiary alicyclic amines) is 1. The van der Waals surface area contributed by atoms with Crippen molar-refractivity contribution < 1.29 is 53.9 Å². The molecule has 16 heteroatoms. The van der Waals surface area contributed by atoms with Gasteiger partial charge in [-0.1, -0.05) is 0 Å². The Kier molecular flexibility index (Phi) is 8.40. The number of benzene rings is 2. The van der Waals surface area contributed by atoms with Gasteiger partial charge < -0.3 is 15.2 Å². The summed E-state index contributed by atoms with van der Waals surface area (Å²) < 4.78 is 110. The molecule has 3 aromatic rings. The van der Waals surface area contributed by atoms with Gasteiger partial charge in [0.25, 0.3) is 5.91 Å². The van der Waals surface area contributed by atoms with E-state index in [1.807, 2.05) is 15.5 Å². The number of carbonyl (C=O) groups is 3. The molecular weight excluding hydrogens is 587 g/mol. The van der Waals surface area contributed by atoms with Crippen molar-refractivity contribution in [2.45, 2.75) is 50.1 Å². The number of rotatable bonds is 3. The van der Waals surface area contributed by atoms with Gasteiger partial charge in [0.2, 0.25) is 0 Å². The van der Waals surface area contributed by atoms with Gasteiger partial charge in [0, 0.05) is 49.6 Å². The molecule has 5 rings (SSSR count).